The molecule has 1 saturated heterocycles. The van der Waals surface area contributed by atoms with Crippen LogP contribution in [0.2, 0.25) is 5.02 Å². The molecule has 1 aliphatic heterocycles. The minimum atomic E-state index is 0.104. The first-order valence-electron chi connectivity index (χ1n) is 8.54. The van der Waals surface area contributed by atoms with Gasteiger partial charge >= 0.3 is 0 Å². The number of amides is 1. The number of rotatable bonds is 5. The summed E-state index contributed by atoms with van der Waals surface area (Å²) in [6.45, 7) is 1.34. The molecule has 0 unspecified atom stereocenters. The third-order valence-electron chi connectivity index (χ3n) is 4.51. The molecule has 1 amide bonds. The van der Waals surface area contributed by atoms with E-state index >= 15 is 0 Å². The van der Waals surface area contributed by atoms with Crippen molar-refractivity contribution in [3.8, 4) is 10.7 Å². The number of aromatic nitrogens is 4. The molecular weight excluding hydrogens is 370 g/mol. The van der Waals surface area contributed by atoms with Crippen molar-refractivity contribution in [3.05, 3.63) is 52.4 Å². The van der Waals surface area contributed by atoms with Crippen molar-refractivity contribution in [3.63, 3.8) is 0 Å². The van der Waals surface area contributed by atoms with Gasteiger partial charge in [-0.15, -0.1) is 21.5 Å². The number of nitrogens with zero attached hydrogens (tertiary/aromatic N) is 5. The number of hydrogen-bond acceptors (Lipinski definition) is 5. The molecule has 3 aromatic rings. The molecule has 0 spiro atoms. The molecule has 134 valence electrons. The molecule has 3 heterocycles. The van der Waals surface area contributed by atoms with Crippen molar-refractivity contribution in [1.82, 2.24) is 25.1 Å². The van der Waals surface area contributed by atoms with Crippen LogP contribution in [0.1, 0.15) is 18.4 Å². The predicted octanol–water partition coefficient (Wildman–Crippen LogP) is 3.29. The summed E-state index contributed by atoms with van der Waals surface area (Å²) in [5.41, 5.74) is 0.937. The number of likely N-dealkylation sites (tertiary alicyclic amines) is 1. The fourth-order valence-electron chi connectivity index (χ4n) is 3.29. The zero-order valence-corrected chi connectivity index (χ0v) is 15.7. The summed E-state index contributed by atoms with van der Waals surface area (Å²) >= 11 is 7.60. The molecule has 8 heteroatoms. The Bertz CT molecular complexity index is 895. The minimum Gasteiger partial charge on any atom is -0.337 e. The van der Waals surface area contributed by atoms with E-state index in [-0.39, 0.29) is 11.9 Å². The first kappa shape index (κ1) is 17.2. The quantitative estimate of drug-likeness (QED) is 0.673. The zero-order valence-electron chi connectivity index (χ0n) is 14.1. The van der Waals surface area contributed by atoms with Crippen LogP contribution in [-0.2, 0) is 17.8 Å². The molecule has 0 N–H and O–H groups in total. The van der Waals surface area contributed by atoms with E-state index < -0.39 is 0 Å². The first-order chi connectivity index (χ1) is 12.7. The lowest BCUT2D eigenvalue weighted by molar-refractivity contribution is -0.131. The van der Waals surface area contributed by atoms with Crippen LogP contribution in [-0.4, -0.2) is 43.6 Å². The molecule has 1 aliphatic rings. The van der Waals surface area contributed by atoms with Gasteiger partial charge in [0.2, 0.25) is 11.7 Å². The van der Waals surface area contributed by atoms with Crippen LogP contribution in [0.15, 0.2) is 41.8 Å². The van der Waals surface area contributed by atoms with E-state index in [2.05, 4.69) is 15.4 Å². The Balaban J connectivity index is 1.42. The molecule has 1 atom stereocenters. The van der Waals surface area contributed by atoms with Crippen molar-refractivity contribution in [2.45, 2.75) is 31.8 Å². The average molecular weight is 388 g/mol. The lowest BCUT2D eigenvalue weighted by Gasteiger charge is -2.24. The molecule has 6 nitrogen and oxygen atoms in total. The van der Waals surface area contributed by atoms with Crippen LogP contribution in [0.5, 0.6) is 0 Å². The van der Waals surface area contributed by atoms with Crippen LogP contribution in [0.25, 0.3) is 10.7 Å². The van der Waals surface area contributed by atoms with Crippen LogP contribution in [0, 0.1) is 0 Å². The Morgan fingerprint density at radius 2 is 2.23 bits per heavy atom. The zero-order chi connectivity index (χ0) is 17.9. The Morgan fingerprint density at radius 3 is 3.04 bits per heavy atom. The average Bonchev–Trinajstić information content (AvgIpc) is 3.37. The van der Waals surface area contributed by atoms with Crippen molar-refractivity contribution in [2.75, 3.05) is 6.54 Å². The van der Waals surface area contributed by atoms with E-state index in [4.69, 9.17) is 11.6 Å². The van der Waals surface area contributed by atoms with Gasteiger partial charge in [-0.3, -0.25) is 4.79 Å². The van der Waals surface area contributed by atoms with Crippen molar-refractivity contribution >= 4 is 28.8 Å². The standard InChI is InChI=1S/C18H18ClN5OS/c19-14-5-1-4-13(10-14)11-17(25)23-8-2-6-15(23)12-24-21-18(20-22-24)16-7-3-9-26-16/h1,3-5,7,9-10,15H,2,6,8,11-12H2/t15-/m1/s1. The number of tetrazole rings is 1. The van der Waals surface area contributed by atoms with E-state index in [0.29, 0.717) is 23.8 Å². The number of hydrogen-bond donors (Lipinski definition) is 0. The monoisotopic (exact) mass is 387 g/mol. The van der Waals surface area contributed by atoms with Gasteiger partial charge < -0.3 is 4.90 Å². The second-order valence-electron chi connectivity index (χ2n) is 6.34. The maximum atomic E-state index is 12.7. The number of thiophene rings is 1. The molecule has 0 aliphatic carbocycles. The Morgan fingerprint density at radius 1 is 1.31 bits per heavy atom. The number of benzene rings is 1. The Labute approximate surface area is 160 Å². The first-order valence-corrected chi connectivity index (χ1v) is 9.80. The SMILES string of the molecule is O=C(Cc1cccc(Cl)c1)N1CCC[C@@H]1Cn1nnc(-c2cccs2)n1. The normalized spacial score (nSPS) is 17.0. The van der Waals surface area contributed by atoms with E-state index in [1.165, 1.54) is 0 Å². The van der Waals surface area contributed by atoms with Gasteiger partial charge in [0, 0.05) is 11.6 Å². The summed E-state index contributed by atoms with van der Waals surface area (Å²) in [4.78, 5) is 17.3. The Hall–Kier alpha value is -2.25. The second kappa shape index (κ2) is 7.55. The highest BCUT2D eigenvalue weighted by atomic mass is 35.5. The largest absolute Gasteiger partial charge is 0.337 e. The number of carbonyl (C=O) groups is 1. The van der Waals surface area contributed by atoms with Gasteiger partial charge in [-0.05, 0) is 47.2 Å². The van der Waals surface area contributed by atoms with Crippen molar-refractivity contribution < 1.29 is 4.79 Å². The fraction of sp³-hybridized carbons (Fsp3) is 0.333. The summed E-state index contributed by atoms with van der Waals surface area (Å²) < 4.78 is 0. The van der Waals surface area contributed by atoms with Gasteiger partial charge in [-0.25, -0.2) is 0 Å². The molecule has 0 saturated carbocycles. The van der Waals surface area contributed by atoms with Gasteiger partial charge in [-0.2, -0.15) is 4.80 Å². The van der Waals surface area contributed by atoms with Gasteiger partial charge in [-0.1, -0.05) is 29.8 Å². The highest BCUT2D eigenvalue weighted by molar-refractivity contribution is 7.13. The molecule has 2 aromatic heterocycles. The lowest BCUT2D eigenvalue weighted by Crippen LogP contribution is -2.39. The highest BCUT2D eigenvalue weighted by Crippen LogP contribution is 2.22. The molecular formula is C18H18ClN5OS. The van der Waals surface area contributed by atoms with Crippen LogP contribution >= 0.6 is 22.9 Å². The highest BCUT2D eigenvalue weighted by Gasteiger charge is 2.29. The summed E-state index contributed by atoms with van der Waals surface area (Å²) in [7, 11) is 0. The van der Waals surface area contributed by atoms with Crippen LogP contribution in [0.4, 0.5) is 0 Å². The molecule has 26 heavy (non-hydrogen) atoms. The summed E-state index contributed by atoms with van der Waals surface area (Å²) in [6, 6.07) is 11.5. The molecule has 0 radical (unpaired) electrons. The fourth-order valence-corrected chi connectivity index (χ4v) is 4.15. The van der Waals surface area contributed by atoms with E-state index in [1.54, 1.807) is 16.1 Å². The van der Waals surface area contributed by atoms with Gasteiger partial charge in [0.05, 0.1) is 23.9 Å². The van der Waals surface area contributed by atoms with Crippen LogP contribution in [0.3, 0.4) is 0 Å². The summed E-state index contributed by atoms with van der Waals surface area (Å²) in [5, 5.41) is 15.4. The molecule has 1 fully saturated rings. The topological polar surface area (TPSA) is 63.9 Å². The van der Waals surface area contributed by atoms with Gasteiger partial charge in [0.1, 0.15) is 0 Å². The van der Waals surface area contributed by atoms with Gasteiger partial charge in [0.15, 0.2) is 0 Å². The lowest BCUT2D eigenvalue weighted by atomic mass is 10.1. The second-order valence-corrected chi connectivity index (χ2v) is 7.72. The minimum absolute atomic E-state index is 0.104. The molecule has 4 rings (SSSR count). The Kier molecular flexibility index (Phi) is 4.99. The maximum absolute atomic E-state index is 12.7. The predicted molar refractivity (Wildman–Crippen MR) is 101 cm³/mol. The van der Waals surface area contributed by atoms with E-state index in [1.807, 2.05) is 46.7 Å². The number of halogens is 1. The maximum Gasteiger partial charge on any atom is 0.227 e. The van der Waals surface area contributed by atoms with Crippen molar-refractivity contribution in [1.29, 1.82) is 0 Å². The molecule has 0 bridgehead atoms. The van der Waals surface area contributed by atoms with Crippen LogP contribution < -0.4 is 0 Å². The van der Waals surface area contributed by atoms with Crippen molar-refractivity contribution in [2.24, 2.45) is 0 Å². The smallest absolute Gasteiger partial charge is 0.227 e. The van der Waals surface area contributed by atoms with Gasteiger partial charge in [0.25, 0.3) is 0 Å². The van der Waals surface area contributed by atoms with E-state index in [0.717, 1.165) is 29.8 Å². The summed E-state index contributed by atoms with van der Waals surface area (Å²) in [5.74, 6) is 0.753. The summed E-state index contributed by atoms with van der Waals surface area (Å²) in [6.07, 6.45) is 2.32. The van der Waals surface area contributed by atoms with E-state index in [9.17, 15) is 4.79 Å². The third kappa shape index (κ3) is 3.78. The molecule has 1 aromatic carbocycles. The third-order valence-corrected chi connectivity index (χ3v) is 5.61. The number of carbonyl (C=O) groups excluding carboxylic acids is 1.